The van der Waals surface area contributed by atoms with E-state index >= 15 is 0 Å². The third kappa shape index (κ3) is 6.94. The van der Waals surface area contributed by atoms with Crippen molar-refractivity contribution in [3.63, 3.8) is 0 Å². The predicted octanol–water partition coefficient (Wildman–Crippen LogP) is 4.96. The smallest absolute Gasteiger partial charge is 0.253 e. The molecule has 3 aromatic rings. The number of hydrogen-bond donors (Lipinski definition) is 1. The summed E-state index contributed by atoms with van der Waals surface area (Å²) in [6.45, 7) is 3.60. The molecule has 35 heavy (non-hydrogen) atoms. The maximum Gasteiger partial charge on any atom is 0.253 e. The van der Waals surface area contributed by atoms with Crippen LogP contribution in [0.3, 0.4) is 0 Å². The molecule has 1 saturated heterocycles. The maximum absolute atomic E-state index is 12.6. The Morgan fingerprint density at radius 2 is 1.63 bits per heavy atom. The molecule has 0 spiro atoms. The molecule has 1 N–H and O–H groups in total. The molecule has 7 heteroatoms. The van der Waals surface area contributed by atoms with Gasteiger partial charge in [0.25, 0.3) is 5.91 Å². The van der Waals surface area contributed by atoms with Crippen LogP contribution in [0.5, 0.6) is 5.75 Å². The molecule has 0 atom stereocenters. The molecular formula is C28H28ClN3O3. The van der Waals surface area contributed by atoms with Crippen molar-refractivity contribution in [3.05, 3.63) is 101 Å². The van der Waals surface area contributed by atoms with E-state index in [9.17, 15) is 9.59 Å². The number of amides is 2. The lowest BCUT2D eigenvalue weighted by molar-refractivity contribution is -0.111. The Bertz CT molecular complexity index is 1180. The molecule has 0 radical (unpaired) electrons. The standard InChI is InChI=1S/C28H28ClN3O3/c1-31-16-18-32(19-17-31)28(34)22-9-11-24(12-10-22)30-27(33)15-8-21-6-13-25(14-7-21)35-20-23-4-2-3-5-26(23)29/h2-15H,16-20H2,1H3,(H,30,33)/b15-8+. The SMILES string of the molecule is CN1CCN(C(=O)c2ccc(NC(=O)/C=C/c3ccc(OCc4ccccc4Cl)cc3)cc2)CC1. The molecule has 1 fully saturated rings. The van der Waals surface area contributed by atoms with Gasteiger partial charge in [-0.15, -0.1) is 0 Å². The molecule has 1 aliphatic rings. The fourth-order valence-corrected chi connectivity index (χ4v) is 3.89. The Kier molecular flexibility index (Phi) is 8.19. The first-order valence-electron chi connectivity index (χ1n) is 11.5. The summed E-state index contributed by atoms with van der Waals surface area (Å²) in [5.74, 6) is 0.495. The van der Waals surface area contributed by atoms with E-state index in [-0.39, 0.29) is 11.8 Å². The van der Waals surface area contributed by atoms with Crippen molar-refractivity contribution in [2.75, 3.05) is 38.5 Å². The van der Waals surface area contributed by atoms with E-state index < -0.39 is 0 Å². The number of benzene rings is 3. The summed E-state index contributed by atoms with van der Waals surface area (Å²) in [7, 11) is 2.06. The number of likely N-dealkylation sites (N-methyl/N-ethyl adjacent to an activating group) is 1. The highest BCUT2D eigenvalue weighted by Gasteiger charge is 2.20. The summed E-state index contributed by atoms with van der Waals surface area (Å²) >= 11 is 6.16. The van der Waals surface area contributed by atoms with Crippen LogP contribution >= 0.6 is 11.6 Å². The molecule has 180 valence electrons. The molecule has 0 bridgehead atoms. The molecule has 0 aliphatic carbocycles. The van der Waals surface area contributed by atoms with Crippen LogP contribution in [-0.2, 0) is 11.4 Å². The molecule has 0 aromatic heterocycles. The number of carbonyl (C=O) groups is 2. The normalized spacial score (nSPS) is 14.2. The van der Waals surface area contributed by atoms with Gasteiger partial charge in [-0.2, -0.15) is 0 Å². The summed E-state index contributed by atoms with van der Waals surface area (Å²) in [5.41, 5.74) is 3.06. The number of hydrogen-bond acceptors (Lipinski definition) is 4. The number of carbonyl (C=O) groups excluding carboxylic acids is 2. The van der Waals surface area contributed by atoms with Crippen molar-refractivity contribution < 1.29 is 14.3 Å². The first-order chi connectivity index (χ1) is 17.0. The van der Waals surface area contributed by atoms with E-state index in [0.29, 0.717) is 22.9 Å². The van der Waals surface area contributed by atoms with Gasteiger partial charge in [0, 0.05) is 54.1 Å². The summed E-state index contributed by atoms with van der Waals surface area (Å²) in [5, 5.41) is 3.50. The molecule has 2 amide bonds. The highest BCUT2D eigenvalue weighted by molar-refractivity contribution is 6.31. The van der Waals surface area contributed by atoms with Crippen molar-refractivity contribution >= 4 is 35.2 Å². The maximum atomic E-state index is 12.6. The van der Waals surface area contributed by atoms with Crippen LogP contribution in [0.25, 0.3) is 6.08 Å². The van der Waals surface area contributed by atoms with E-state index in [1.54, 1.807) is 30.3 Å². The Morgan fingerprint density at radius 1 is 0.943 bits per heavy atom. The fraction of sp³-hybridized carbons (Fsp3) is 0.214. The highest BCUT2D eigenvalue weighted by Crippen LogP contribution is 2.19. The Balaban J connectivity index is 1.26. The van der Waals surface area contributed by atoms with Crippen LogP contribution in [0.1, 0.15) is 21.5 Å². The van der Waals surface area contributed by atoms with Gasteiger partial charge in [0.15, 0.2) is 0 Å². The lowest BCUT2D eigenvalue weighted by Crippen LogP contribution is -2.47. The topological polar surface area (TPSA) is 61.9 Å². The fourth-order valence-electron chi connectivity index (χ4n) is 3.70. The van der Waals surface area contributed by atoms with Gasteiger partial charge >= 0.3 is 0 Å². The second kappa shape index (κ2) is 11.7. The number of anilines is 1. The van der Waals surface area contributed by atoms with Crippen LogP contribution in [-0.4, -0.2) is 54.8 Å². The minimum Gasteiger partial charge on any atom is -0.489 e. The first kappa shape index (κ1) is 24.5. The van der Waals surface area contributed by atoms with Crippen LogP contribution in [0, 0.1) is 0 Å². The molecule has 3 aromatic carbocycles. The first-order valence-corrected chi connectivity index (χ1v) is 11.9. The third-order valence-electron chi connectivity index (χ3n) is 5.85. The third-order valence-corrected chi connectivity index (χ3v) is 6.22. The van der Waals surface area contributed by atoms with Crippen molar-refractivity contribution in [2.24, 2.45) is 0 Å². The van der Waals surface area contributed by atoms with Gasteiger partial charge in [-0.3, -0.25) is 9.59 Å². The van der Waals surface area contributed by atoms with Gasteiger partial charge in [0.1, 0.15) is 12.4 Å². The van der Waals surface area contributed by atoms with Crippen LogP contribution in [0.15, 0.2) is 78.9 Å². The molecule has 0 unspecified atom stereocenters. The molecule has 1 heterocycles. The Labute approximate surface area is 210 Å². The van der Waals surface area contributed by atoms with Crippen molar-refractivity contribution in [2.45, 2.75) is 6.61 Å². The average molecular weight is 490 g/mol. The van der Waals surface area contributed by atoms with E-state index in [2.05, 4.69) is 17.3 Å². The monoisotopic (exact) mass is 489 g/mol. The van der Waals surface area contributed by atoms with Crippen LogP contribution in [0.2, 0.25) is 5.02 Å². The van der Waals surface area contributed by atoms with Gasteiger partial charge in [0.2, 0.25) is 5.91 Å². The van der Waals surface area contributed by atoms with Gasteiger partial charge < -0.3 is 19.9 Å². The number of nitrogens with one attached hydrogen (secondary N) is 1. The summed E-state index contributed by atoms with van der Waals surface area (Å²) in [4.78, 5) is 29.0. The highest BCUT2D eigenvalue weighted by atomic mass is 35.5. The number of halogens is 1. The van der Waals surface area contributed by atoms with E-state index in [1.807, 2.05) is 53.4 Å². The molecule has 6 nitrogen and oxygen atoms in total. The molecule has 4 rings (SSSR count). The van der Waals surface area contributed by atoms with Crippen molar-refractivity contribution in [3.8, 4) is 5.75 Å². The zero-order valence-electron chi connectivity index (χ0n) is 19.6. The second-order valence-electron chi connectivity index (χ2n) is 8.44. The zero-order valence-corrected chi connectivity index (χ0v) is 20.4. The number of piperazine rings is 1. The van der Waals surface area contributed by atoms with E-state index in [4.69, 9.17) is 16.3 Å². The largest absolute Gasteiger partial charge is 0.489 e. The van der Waals surface area contributed by atoms with E-state index in [1.165, 1.54) is 6.08 Å². The number of rotatable bonds is 7. The minimum absolute atomic E-state index is 0.0233. The predicted molar refractivity (Wildman–Crippen MR) is 140 cm³/mol. The van der Waals surface area contributed by atoms with Gasteiger partial charge in [0.05, 0.1) is 0 Å². The van der Waals surface area contributed by atoms with Gasteiger partial charge in [-0.25, -0.2) is 0 Å². The summed E-state index contributed by atoms with van der Waals surface area (Å²) in [6, 6.07) is 22.0. The van der Waals surface area contributed by atoms with Crippen LogP contribution in [0.4, 0.5) is 5.69 Å². The average Bonchev–Trinajstić information content (AvgIpc) is 2.88. The quantitative estimate of drug-likeness (QED) is 0.476. The second-order valence-corrected chi connectivity index (χ2v) is 8.85. The molecule has 1 aliphatic heterocycles. The Hall–Kier alpha value is -3.61. The molecular weight excluding hydrogens is 462 g/mol. The number of nitrogens with zero attached hydrogens (tertiary/aromatic N) is 2. The minimum atomic E-state index is -0.248. The zero-order chi connectivity index (χ0) is 24.6. The molecule has 0 saturated carbocycles. The Morgan fingerprint density at radius 3 is 2.31 bits per heavy atom. The number of ether oxygens (including phenoxy) is 1. The van der Waals surface area contributed by atoms with Gasteiger partial charge in [-0.05, 0) is 61.2 Å². The lowest BCUT2D eigenvalue weighted by atomic mass is 10.1. The lowest BCUT2D eigenvalue weighted by Gasteiger charge is -2.32. The van der Waals surface area contributed by atoms with Crippen LogP contribution < -0.4 is 10.1 Å². The summed E-state index contributed by atoms with van der Waals surface area (Å²) < 4.78 is 5.79. The van der Waals surface area contributed by atoms with Crippen molar-refractivity contribution in [1.82, 2.24) is 9.80 Å². The van der Waals surface area contributed by atoms with Gasteiger partial charge in [-0.1, -0.05) is 41.9 Å². The summed E-state index contributed by atoms with van der Waals surface area (Å²) in [6.07, 6.45) is 3.21. The van der Waals surface area contributed by atoms with Crippen molar-refractivity contribution in [1.29, 1.82) is 0 Å². The van der Waals surface area contributed by atoms with E-state index in [0.717, 1.165) is 43.1 Å².